The fourth-order valence-corrected chi connectivity index (χ4v) is 2.51. The number of para-hydroxylation sites is 2. The lowest BCUT2D eigenvalue weighted by Gasteiger charge is -2.14. The third kappa shape index (κ3) is 3.65. The number of hydrogen-bond donors (Lipinski definition) is 4. The second-order valence-corrected chi connectivity index (χ2v) is 5.24. The van der Waals surface area contributed by atoms with E-state index in [2.05, 4.69) is 16.0 Å². The molecule has 0 bridgehead atoms. The molecule has 25 heavy (non-hydrogen) atoms. The van der Waals surface area contributed by atoms with Crippen molar-refractivity contribution in [1.82, 2.24) is 11.0 Å². The first-order valence-corrected chi connectivity index (χ1v) is 7.63. The van der Waals surface area contributed by atoms with Crippen molar-refractivity contribution in [1.29, 1.82) is 0 Å². The van der Waals surface area contributed by atoms with Crippen LogP contribution in [0.4, 0.5) is 10.1 Å². The number of rotatable bonds is 4. The molecule has 0 radical (unpaired) electrons. The summed E-state index contributed by atoms with van der Waals surface area (Å²) in [5, 5.41) is 10.2. The number of phenols is 1. The van der Waals surface area contributed by atoms with Crippen molar-refractivity contribution in [3.8, 4) is 16.9 Å². The molecule has 126 valence electrons. The third-order valence-corrected chi connectivity index (χ3v) is 3.65. The molecule has 0 aliphatic heterocycles. The summed E-state index contributed by atoms with van der Waals surface area (Å²) in [6.07, 6.45) is 0. The molecule has 6 heteroatoms. The molecule has 0 atom stereocenters. The Hall–Kier alpha value is -3.22. The number of nitrogens with one attached hydrogen (secondary N) is 2. The highest BCUT2D eigenvalue weighted by atomic mass is 19.1. The van der Waals surface area contributed by atoms with Gasteiger partial charge in [0.25, 0.3) is 0 Å². The molecule has 0 heterocycles. The normalized spacial score (nSPS) is 11.4. The van der Waals surface area contributed by atoms with Crippen LogP contribution in [0.5, 0.6) is 5.75 Å². The van der Waals surface area contributed by atoms with E-state index < -0.39 is 5.82 Å². The van der Waals surface area contributed by atoms with E-state index in [1.165, 1.54) is 6.07 Å². The van der Waals surface area contributed by atoms with E-state index in [0.29, 0.717) is 17.0 Å². The predicted octanol–water partition coefficient (Wildman–Crippen LogP) is 3.24. The average Bonchev–Trinajstić information content (AvgIpc) is 2.64. The number of aliphatic imine (C=N–C) groups is 1. The Bertz CT molecular complexity index is 911. The van der Waals surface area contributed by atoms with Gasteiger partial charge in [-0.25, -0.2) is 9.38 Å². The number of nitrogens with two attached hydrogens (primary N) is 1. The number of amidine groups is 1. The van der Waals surface area contributed by atoms with Crippen LogP contribution < -0.4 is 16.8 Å². The van der Waals surface area contributed by atoms with Crippen molar-refractivity contribution in [2.75, 3.05) is 0 Å². The molecule has 0 saturated carbocycles. The van der Waals surface area contributed by atoms with Crippen LogP contribution in [0, 0.1) is 5.82 Å². The molecule has 0 amide bonds. The Kier molecular flexibility index (Phi) is 5.03. The number of phenolic OH excluding ortho intramolecular Hbond substituents is 1. The molecular weight excluding hydrogens is 319 g/mol. The lowest BCUT2D eigenvalue weighted by Crippen LogP contribution is -2.42. The molecule has 3 aromatic carbocycles. The van der Waals surface area contributed by atoms with Crippen LogP contribution in [0.1, 0.15) is 5.56 Å². The van der Waals surface area contributed by atoms with Crippen LogP contribution in [-0.2, 0) is 0 Å². The van der Waals surface area contributed by atoms with Gasteiger partial charge in [-0.05, 0) is 23.8 Å². The topological polar surface area (TPSA) is 82.7 Å². The van der Waals surface area contributed by atoms with Crippen molar-refractivity contribution < 1.29 is 9.50 Å². The molecule has 0 aromatic heterocycles. The highest BCUT2D eigenvalue weighted by molar-refractivity contribution is 6.05. The van der Waals surface area contributed by atoms with Crippen molar-refractivity contribution in [3.05, 3.63) is 84.2 Å². The summed E-state index contributed by atoms with van der Waals surface area (Å²) in [5.74, 6) is 5.41. The summed E-state index contributed by atoms with van der Waals surface area (Å²) in [6.45, 7) is 0. The molecule has 0 aliphatic rings. The van der Waals surface area contributed by atoms with Gasteiger partial charge in [-0.1, -0.05) is 54.6 Å². The van der Waals surface area contributed by atoms with Gasteiger partial charge in [-0.3, -0.25) is 11.3 Å². The molecule has 5 nitrogen and oxygen atoms in total. The van der Waals surface area contributed by atoms with E-state index in [1.807, 2.05) is 30.3 Å². The van der Waals surface area contributed by atoms with Gasteiger partial charge < -0.3 is 5.11 Å². The van der Waals surface area contributed by atoms with Crippen LogP contribution >= 0.6 is 0 Å². The maximum absolute atomic E-state index is 14.0. The molecule has 0 saturated heterocycles. The minimum absolute atomic E-state index is 0.140. The number of aromatic hydroxyl groups is 1. The zero-order valence-electron chi connectivity index (χ0n) is 13.3. The summed E-state index contributed by atoms with van der Waals surface area (Å²) in [7, 11) is 0. The lowest BCUT2D eigenvalue weighted by molar-refractivity contribution is 0.477. The zero-order chi connectivity index (χ0) is 17.6. The van der Waals surface area contributed by atoms with Gasteiger partial charge in [0.1, 0.15) is 23.1 Å². The fraction of sp³-hybridized carbons (Fsp3) is 0. The summed E-state index contributed by atoms with van der Waals surface area (Å²) >= 11 is 0. The third-order valence-electron chi connectivity index (χ3n) is 3.65. The number of benzene rings is 3. The quantitative estimate of drug-likeness (QED) is 0.255. The highest BCUT2D eigenvalue weighted by Crippen LogP contribution is 2.32. The number of hydrogen-bond acceptors (Lipinski definition) is 4. The Balaban J connectivity index is 2.16. The van der Waals surface area contributed by atoms with Crippen LogP contribution in [0.2, 0.25) is 0 Å². The summed E-state index contributed by atoms with van der Waals surface area (Å²) in [5.41, 5.74) is 7.27. The molecule has 0 fully saturated rings. The second-order valence-electron chi connectivity index (χ2n) is 5.24. The van der Waals surface area contributed by atoms with Gasteiger partial charge in [0, 0.05) is 11.1 Å². The number of hydrazine groups is 2. The first kappa shape index (κ1) is 16.6. The van der Waals surface area contributed by atoms with Crippen molar-refractivity contribution >= 4 is 11.5 Å². The molecule has 0 spiro atoms. The predicted molar refractivity (Wildman–Crippen MR) is 96.6 cm³/mol. The van der Waals surface area contributed by atoms with Gasteiger partial charge in [0.15, 0.2) is 0 Å². The minimum Gasteiger partial charge on any atom is -0.507 e. The van der Waals surface area contributed by atoms with Crippen molar-refractivity contribution in [3.63, 3.8) is 0 Å². The van der Waals surface area contributed by atoms with Crippen molar-refractivity contribution in [2.45, 2.75) is 0 Å². The van der Waals surface area contributed by atoms with Gasteiger partial charge >= 0.3 is 0 Å². The maximum atomic E-state index is 14.0. The summed E-state index contributed by atoms with van der Waals surface area (Å²) in [6, 6.07) is 20.5. The van der Waals surface area contributed by atoms with E-state index >= 15 is 0 Å². The van der Waals surface area contributed by atoms with E-state index in [0.717, 1.165) is 5.56 Å². The number of nitrogens with zero attached hydrogens (tertiary/aromatic N) is 1. The number of halogens is 1. The molecule has 3 aromatic rings. The van der Waals surface area contributed by atoms with Crippen LogP contribution in [-0.4, -0.2) is 10.9 Å². The van der Waals surface area contributed by atoms with E-state index in [1.54, 1.807) is 36.4 Å². The van der Waals surface area contributed by atoms with Gasteiger partial charge in [-0.15, -0.1) is 0 Å². The second kappa shape index (κ2) is 7.57. The highest BCUT2D eigenvalue weighted by Gasteiger charge is 2.14. The minimum atomic E-state index is -0.445. The van der Waals surface area contributed by atoms with Gasteiger partial charge in [-0.2, -0.15) is 5.53 Å². The molecule has 3 rings (SSSR count). The lowest BCUT2D eigenvalue weighted by atomic mass is 9.98. The smallest absolute Gasteiger partial charge is 0.149 e. The zero-order valence-corrected chi connectivity index (χ0v) is 13.3. The van der Waals surface area contributed by atoms with Gasteiger partial charge in [0.2, 0.25) is 0 Å². The van der Waals surface area contributed by atoms with Crippen LogP contribution in [0.25, 0.3) is 11.1 Å². The summed E-state index contributed by atoms with van der Waals surface area (Å²) in [4.78, 5) is 4.34. The standard InChI is InChI=1S/C19H17FN4O/c20-16-10-4-5-11-17(16)22-19(23-24-21)15-9-2-1-7-13(15)14-8-3-6-12-18(14)25/h1-12,24-25H,21H2,(H,22,23). The average molecular weight is 336 g/mol. The summed E-state index contributed by atoms with van der Waals surface area (Å²) < 4.78 is 14.0. The molecular formula is C19H17FN4O. The van der Waals surface area contributed by atoms with E-state index in [9.17, 15) is 9.50 Å². The molecule has 0 unspecified atom stereocenters. The van der Waals surface area contributed by atoms with Gasteiger partial charge in [0.05, 0.1) is 0 Å². The Morgan fingerprint density at radius 1 is 0.880 bits per heavy atom. The Labute approximate surface area is 144 Å². The maximum Gasteiger partial charge on any atom is 0.149 e. The fourth-order valence-electron chi connectivity index (χ4n) is 2.51. The Morgan fingerprint density at radius 3 is 2.24 bits per heavy atom. The van der Waals surface area contributed by atoms with Crippen molar-refractivity contribution in [2.24, 2.45) is 10.8 Å². The molecule has 0 aliphatic carbocycles. The van der Waals surface area contributed by atoms with E-state index in [-0.39, 0.29) is 11.4 Å². The van der Waals surface area contributed by atoms with Crippen LogP contribution in [0.15, 0.2) is 77.8 Å². The first-order valence-electron chi connectivity index (χ1n) is 7.63. The monoisotopic (exact) mass is 336 g/mol. The van der Waals surface area contributed by atoms with E-state index in [4.69, 9.17) is 5.84 Å². The largest absolute Gasteiger partial charge is 0.507 e. The van der Waals surface area contributed by atoms with Crippen LogP contribution in [0.3, 0.4) is 0 Å². The SMILES string of the molecule is NNNC(=Nc1ccccc1F)c1ccccc1-c1ccccc1O. The first-order chi connectivity index (χ1) is 12.2. The Morgan fingerprint density at radius 2 is 1.52 bits per heavy atom. The molecule has 5 N–H and O–H groups in total.